The van der Waals surface area contributed by atoms with Gasteiger partial charge >= 0.3 is 0 Å². The van der Waals surface area contributed by atoms with E-state index in [9.17, 15) is 9.18 Å². The quantitative estimate of drug-likeness (QED) is 0.848. The Balaban J connectivity index is 1.40. The van der Waals surface area contributed by atoms with Crippen molar-refractivity contribution in [3.05, 3.63) is 59.4 Å². The summed E-state index contributed by atoms with van der Waals surface area (Å²) >= 11 is 0. The van der Waals surface area contributed by atoms with E-state index in [2.05, 4.69) is 4.90 Å². The largest absolute Gasteiger partial charge is 0.454 e. The highest BCUT2D eigenvalue weighted by molar-refractivity contribution is 5.95. The minimum absolute atomic E-state index is 0.00367. The second kappa shape index (κ2) is 7.33. The summed E-state index contributed by atoms with van der Waals surface area (Å²) in [6.07, 6.45) is 0.866. The smallest absolute Gasteiger partial charge is 0.254 e. The first-order chi connectivity index (χ1) is 12.7. The van der Waals surface area contributed by atoms with Crippen molar-refractivity contribution < 1.29 is 18.7 Å². The van der Waals surface area contributed by atoms with Gasteiger partial charge in [0, 0.05) is 43.9 Å². The van der Waals surface area contributed by atoms with Crippen LogP contribution in [0.3, 0.4) is 0 Å². The first-order valence-electron chi connectivity index (χ1n) is 8.85. The van der Waals surface area contributed by atoms with Crippen LogP contribution in [0.5, 0.6) is 11.5 Å². The lowest BCUT2D eigenvalue weighted by atomic mass is 10.1. The summed E-state index contributed by atoms with van der Waals surface area (Å²) in [4.78, 5) is 16.9. The summed E-state index contributed by atoms with van der Waals surface area (Å²) in [5.74, 6) is 1.11. The van der Waals surface area contributed by atoms with E-state index in [1.807, 2.05) is 17.0 Å². The lowest BCUT2D eigenvalue weighted by molar-refractivity contribution is 0.0760. The van der Waals surface area contributed by atoms with Crippen LogP contribution in [-0.4, -0.2) is 48.7 Å². The van der Waals surface area contributed by atoms with E-state index < -0.39 is 0 Å². The van der Waals surface area contributed by atoms with Crippen molar-refractivity contribution in [2.45, 2.75) is 13.0 Å². The van der Waals surface area contributed by atoms with Crippen LogP contribution in [-0.2, 0) is 6.54 Å². The average Bonchev–Trinajstić information content (AvgIpc) is 3.01. The van der Waals surface area contributed by atoms with Crippen molar-refractivity contribution in [2.75, 3.05) is 33.0 Å². The molecule has 5 nitrogen and oxygen atoms in total. The molecular weight excluding hydrogens is 335 g/mol. The van der Waals surface area contributed by atoms with Crippen LogP contribution in [0, 0.1) is 5.82 Å². The maximum absolute atomic E-state index is 13.9. The van der Waals surface area contributed by atoms with Crippen LogP contribution in [0.1, 0.15) is 22.3 Å². The molecule has 2 aromatic rings. The highest BCUT2D eigenvalue weighted by atomic mass is 19.1. The minimum atomic E-state index is -0.176. The van der Waals surface area contributed by atoms with Gasteiger partial charge in [-0.05, 0) is 30.7 Å². The Bertz CT molecular complexity index is 811. The molecule has 2 heterocycles. The van der Waals surface area contributed by atoms with E-state index in [-0.39, 0.29) is 18.5 Å². The molecule has 2 aliphatic rings. The summed E-state index contributed by atoms with van der Waals surface area (Å²) in [7, 11) is 0. The number of hydrogen-bond donors (Lipinski definition) is 0. The molecule has 6 heteroatoms. The lowest BCUT2D eigenvalue weighted by Gasteiger charge is -2.22. The number of carbonyl (C=O) groups excluding carboxylic acids is 1. The standard InChI is InChI=1S/C20H21FN2O3/c21-17-5-2-1-4-16(17)13-22-8-3-9-23(11-10-22)20(24)15-6-7-18-19(12-15)26-14-25-18/h1-2,4-7,12H,3,8-11,13-14H2. The Morgan fingerprint density at radius 2 is 1.85 bits per heavy atom. The molecule has 136 valence electrons. The zero-order chi connectivity index (χ0) is 17.9. The fraction of sp³-hybridized carbons (Fsp3) is 0.350. The Kier molecular flexibility index (Phi) is 4.75. The van der Waals surface area contributed by atoms with Gasteiger partial charge in [0.15, 0.2) is 11.5 Å². The summed E-state index contributed by atoms with van der Waals surface area (Å²) in [5.41, 5.74) is 1.31. The van der Waals surface area contributed by atoms with Gasteiger partial charge in [-0.3, -0.25) is 9.69 Å². The van der Waals surface area contributed by atoms with Crippen molar-refractivity contribution in [2.24, 2.45) is 0 Å². The summed E-state index contributed by atoms with van der Waals surface area (Å²) < 4.78 is 24.5. The molecule has 1 fully saturated rings. The molecule has 0 saturated carbocycles. The second-order valence-electron chi connectivity index (χ2n) is 6.58. The van der Waals surface area contributed by atoms with Crippen molar-refractivity contribution in [1.82, 2.24) is 9.80 Å². The number of hydrogen-bond acceptors (Lipinski definition) is 4. The first-order valence-corrected chi connectivity index (χ1v) is 8.85. The van der Waals surface area contributed by atoms with Crippen LogP contribution >= 0.6 is 0 Å². The number of carbonyl (C=O) groups is 1. The van der Waals surface area contributed by atoms with Gasteiger partial charge in [-0.1, -0.05) is 18.2 Å². The van der Waals surface area contributed by atoms with Gasteiger partial charge in [-0.2, -0.15) is 0 Å². The third-order valence-corrected chi connectivity index (χ3v) is 4.85. The number of rotatable bonds is 3. The Morgan fingerprint density at radius 1 is 1.00 bits per heavy atom. The third-order valence-electron chi connectivity index (χ3n) is 4.85. The highest BCUT2D eigenvalue weighted by Crippen LogP contribution is 2.32. The monoisotopic (exact) mass is 356 g/mol. The van der Waals surface area contributed by atoms with Crippen LogP contribution in [0.25, 0.3) is 0 Å². The number of nitrogens with zero attached hydrogens (tertiary/aromatic N) is 2. The summed E-state index contributed by atoms with van der Waals surface area (Å²) in [6.45, 7) is 3.66. The maximum Gasteiger partial charge on any atom is 0.254 e. The number of amides is 1. The molecule has 0 aliphatic carbocycles. The van der Waals surface area contributed by atoms with E-state index in [0.717, 1.165) is 19.5 Å². The molecule has 1 amide bonds. The van der Waals surface area contributed by atoms with E-state index >= 15 is 0 Å². The van der Waals surface area contributed by atoms with Gasteiger partial charge in [-0.25, -0.2) is 4.39 Å². The van der Waals surface area contributed by atoms with E-state index in [4.69, 9.17) is 9.47 Å². The van der Waals surface area contributed by atoms with Crippen LogP contribution in [0.15, 0.2) is 42.5 Å². The van der Waals surface area contributed by atoms with Gasteiger partial charge in [0.1, 0.15) is 5.82 Å². The number of ether oxygens (including phenoxy) is 2. The van der Waals surface area contributed by atoms with Gasteiger partial charge in [0.2, 0.25) is 6.79 Å². The van der Waals surface area contributed by atoms with Crippen LogP contribution in [0.2, 0.25) is 0 Å². The molecule has 0 atom stereocenters. The minimum Gasteiger partial charge on any atom is -0.454 e. The van der Waals surface area contributed by atoms with Crippen molar-refractivity contribution in [1.29, 1.82) is 0 Å². The third kappa shape index (κ3) is 3.51. The van der Waals surface area contributed by atoms with Gasteiger partial charge in [-0.15, -0.1) is 0 Å². The van der Waals surface area contributed by atoms with E-state index in [0.29, 0.717) is 42.3 Å². The van der Waals surface area contributed by atoms with Crippen LogP contribution in [0.4, 0.5) is 4.39 Å². The molecule has 0 radical (unpaired) electrons. The molecule has 0 aromatic heterocycles. The fourth-order valence-electron chi connectivity index (χ4n) is 3.41. The molecular formula is C20H21FN2O3. The zero-order valence-electron chi connectivity index (χ0n) is 14.5. The molecule has 0 unspecified atom stereocenters. The number of fused-ring (bicyclic) bond motifs is 1. The first kappa shape index (κ1) is 16.8. The molecule has 0 N–H and O–H groups in total. The van der Waals surface area contributed by atoms with Gasteiger partial charge in [0.25, 0.3) is 5.91 Å². The maximum atomic E-state index is 13.9. The Hall–Kier alpha value is -2.60. The van der Waals surface area contributed by atoms with E-state index in [1.54, 1.807) is 24.3 Å². The molecule has 2 aromatic carbocycles. The normalized spacial score (nSPS) is 17.2. The molecule has 4 rings (SSSR count). The zero-order valence-corrected chi connectivity index (χ0v) is 14.5. The molecule has 2 aliphatic heterocycles. The number of benzene rings is 2. The second-order valence-corrected chi connectivity index (χ2v) is 6.58. The van der Waals surface area contributed by atoms with Crippen molar-refractivity contribution >= 4 is 5.91 Å². The predicted octanol–water partition coefficient (Wildman–Crippen LogP) is 2.90. The van der Waals surface area contributed by atoms with Crippen molar-refractivity contribution in [3.63, 3.8) is 0 Å². The summed E-state index contributed by atoms with van der Waals surface area (Å²) in [5, 5.41) is 0. The predicted molar refractivity (Wildman–Crippen MR) is 94.8 cm³/mol. The van der Waals surface area contributed by atoms with E-state index in [1.165, 1.54) is 6.07 Å². The topological polar surface area (TPSA) is 42.0 Å². The fourth-order valence-corrected chi connectivity index (χ4v) is 3.41. The molecule has 1 saturated heterocycles. The summed E-state index contributed by atoms with van der Waals surface area (Å²) in [6, 6.07) is 12.2. The Morgan fingerprint density at radius 3 is 2.73 bits per heavy atom. The highest BCUT2D eigenvalue weighted by Gasteiger charge is 2.23. The Labute approximate surface area is 151 Å². The SMILES string of the molecule is O=C(c1ccc2c(c1)OCO2)N1CCCN(Cc2ccccc2F)CC1. The molecule has 26 heavy (non-hydrogen) atoms. The van der Waals surface area contributed by atoms with Crippen molar-refractivity contribution in [3.8, 4) is 11.5 Å². The van der Waals surface area contributed by atoms with Gasteiger partial charge < -0.3 is 14.4 Å². The molecule has 0 bridgehead atoms. The molecule has 0 spiro atoms. The lowest BCUT2D eigenvalue weighted by Crippen LogP contribution is -2.35. The van der Waals surface area contributed by atoms with Crippen LogP contribution < -0.4 is 9.47 Å². The average molecular weight is 356 g/mol. The number of halogens is 1. The van der Waals surface area contributed by atoms with Gasteiger partial charge in [0.05, 0.1) is 0 Å².